The van der Waals surface area contributed by atoms with E-state index < -0.39 is 5.91 Å². The normalized spacial score (nSPS) is 10.8. The number of carbonyl (C=O) groups is 2. The van der Waals surface area contributed by atoms with Crippen molar-refractivity contribution >= 4 is 68.9 Å². The van der Waals surface area contributed by atoms with Gasteiger partial charge in [-0.1, -0.05) is 51.5 Å². The second-order valence-electron chi connectivity index (χ2n) is 5.85. The summed E-state index contributed by atoms with van der Waals surface area (Å²) < 4.78 is 10.8. The van der Waals surface area contributed by atoms with E-state index in [4.69, 9.17) is 32.1 Å². The van der Waals surface area contributed by atoms with Gasteiger partial charge in [0.15, 0.2) is 15.8 Å². The minimum atomic E-state index is -0.508. The molecule has 0 atom stereocenters. The largest absolute Gasteiger partial charge is 0.461 e. The van der Waals surface area contributed by atoms with E-state index in [0.29, 0.717) is 31.6 Å². The molecule has 0 aliphatic rings. The molecule has 0 radical (unpaired) electrons. The van der Waals surface area contributed by atoms with Gasteiger partial charge in [-0.15, -0.1) is 10.2 Å². The lowest BCUT2D eigenvalue weighted by Crippen LogP contribution is -2.13. The smallest absolute Gasteiger partial charge is 0.279 e. The SMILES string of the molecule is O=C(CSc1nnc(NC(=O)c2cc(-c3ccco3)on2)s1)Nc1ccc(Cl)c(Cl)c1. The number of anilines is 2. The zero-order valence-corrected chi connectivity index (χ0v) is 18.4. The molecule has 1 aromatic carbocycles. The topological polar surface area (TPSA) is 123 Å². The molecule has 0 spiro atoms. The highest BCUT2D eigenvalue weighted by atomic mass is 35.5. The number of nitrogens with one attached hydrogen (secondary N) is 2. The van der Waals surface area contributed by atoms with Gasteiger partial charge < -0.3 is 14.3 Å². The van der Waals surface area contributed by atoms with Gasteiger partial charge in [0.2, 0.25) is 16.8 Å². The standard InChI is InChI=1S/C18H11Cl2N5O4S2/c19-10-4-3-9(6-11(10)20)21-15(26)8-30-18-24-23-17(31-18)22-16(27)12-7-14(29-25-12)13-2-1-5-28-13/h1-7H,8H2,(H,21,26)(H,22,23,27). The number of hydrogen-bond donors (Lipinski definition) is 2. The van der Waals surface area contributed by atoms with Crippen molar-refractivity contribution in [1.82, 2.24) is 15.4 Å². The lowest BCUT2D eigenvalue weighted by molar-refractivity contribution is -0.113. The molecule has 13 heteroatoms. The summed E-state index contributed by atoms with van der Waals surface area (Å²) in [5.74, 6) is 0.124. The van der Waals surface area contributed by atoms with E-state index in [0.717, 1.165) is 11.3 Å². The molecule has 3 heterocycles. The highest BCUT2D eigenvalue weighted by Crippen LogP contribution is 2.28. The van der Waals surface area contributed by atoms with Crippen LogP contribution in [-0.2, 0) is 4.79 Å². The summed E-state index contributed by atoms with van der Waals surface area (Å²) in [6.07, 6.45) is 1.49. The lowest BCUT2D eigenvalue weighted by Gasteiger charge is -2.05. The fraction of sp³-hybridized carbons (Fsp3) is 0.0556. The summed E-state index contributed by atoms with van der Waals surface area (Å²) in [4.78, 5) is 24.4. The van der Waals surface area contributed by atoms with Crippen LogP contribution < -0.4 is 10.6 Å². The van der Waals surface area contributed by atoms with Gasteiger partial charge in [-0.05, 0) is 30.3 Å². The van der Waals surface area contributed by atoms with Gasteiger partial charge in [0, 0.05) is 11.8 Å². The van der Waals surface area contributed by atoms with Crippen LogP contribution in [0.25, 0.3) is 11.5 Å². The van der Waals surface area contributed by atoms with Crippen molar-refractivity contribution in [3.63, 3.8) is 0 Å². The second-order valence-corrected chi connectivity index (χ2v) is 8.86. The molecule has 0 saturated heterocycles. The Morgan fingerprint density at radius 1 is 1.06 bits per heavy atom. The van der Waals surface area contributed by atoms with Gasteiger partial charge in [-0.2, -0.15) is 0 Å². The first-order chi connectivity index (χ1) is 15.0. The van der Waals surface area contributed by atoms with Gasteiger partial charge >= 0.3 is 0 Å². The minimum absolute atomic E-state index is 0.0665. The number of benzene rings is 1. The predicted octanol–water partition coefficient (Wildman–Crippen LogP) is 5.08. The molecule has 0 fully saturated rings. The maximum Gasteiger partial charge on any atom is 0.279 e. The summed E-state index contributed by atoms with van der Waals surface area (Å²) >= 11 is 14.1. The molecular formula is C18H11Cl2N5O4S2. The Bertz CT molecular complexity index is 1230. The van der Waals surface area contributed by atoms with Crippen LogP contribution in [0.1, 0.15) is 10.5 Å². The number of amides is 2. The minimum Gasteiger partial charge on any atom is -0.461 e. The Labute approximate surface area is 193 Å². The van der Waals surface area contributed by atoms with E-state index in [1.165, 1.54) is 24.1 Å². The molecular weight excluding hydrogens is 485 g/mol. The third-order valence-corrected chi connectivity index (χ3v) is 6.37. The highest BCUT2D eigenvalue weighted by molar-refractivity contribution is 8.01. The van der Waals surface area contributed by atoms with Crippen LogP contribution in [0.2, 0.25) is 10.0 Å². The Morgan fingerprint density at radius 2 is 1.94 bits per heavy atom. The first-order valence-electron chi connectivity index (χ1n) is 8.51. The van der Waals surface area contributed by atoms with Crippen LogP contribution in [-0.4, -0.2) is 32.9 Å². The highest BCUT2D eigenvalue weighted by Gasteiger charge is 2.17. The maximum atomic E-state index is 12.3. The zero-order chi connectivity index (χ0) is 21.8. The molecule has 2 amide bonds. The summed E-state index contributed by atoms with van der Waals surface area (Å²) in [5.41, 5.74) is 0.601. The van der Waals surface area contributed by atoms with Gasteiger partial charge in [-0.25, -0.2) is 0 Å². The average Bonchev–Trinajstić information content (AvgIpc) is 3.50. The van der Waals surface area contributed by atoms with E-state index in [1.807, 2.05) is 0 Å². The molecule has 0 aliphatic carbocycles. The molecule has 4 rings (SSSR count). The molecule has 3 aromatic heterocycles. The first kappa shape index (κ1) is 21.4. The molecule has 9 nitrogen and oxygen atoms in total. The van der Waals surface area contributed by atoms with Crippen LogP contribution in [0.3, 0.4) is 0 Å². The summed E-state index contributed by atoms with van der Waals surface area (Å²) in [6.45, 7) is 0. The van der Waals surface area contributed by atoms with Crippen molar-refractivity contribution < 1.29 is 18.5 Å². The molecule has 0 saturated carbocycles. The zero-order valence-electron chi connectivity index (χ0n) is 15.3. The fourth-order valence-corrected chi connectivity index (χ4v) is 4.14. The number of carbonyl (C=O) groups excluding carboxylic acids is 2. The number of thioether (sulfide) groups is 1. The van der Waals surface area contributed by atoms with Crippen molar-refractivity contribution in [2.24, 2.45) is 0 Å². The molecule has 0 bridgehead atoms. The first-order valence-corrected chi connectivity index (χ1v) is 11.1. The molecule has 31 heavy (non-hydrogen) atoms. The summed E-state index contributed by atoms with van der Waals surface area (Å²) in [5, 5.41) is 17.9. The number of aromatic nitrogens is 3. The lowest BCUT2D eigenvalue weighted by atomic mass is 10.3. The molecule has 0 unspecified atom stereocenters. The fourth-order valence-electron chi connectivity index (χ4n) is 2.30. The third-order valence-electron chi connectivity index (χ3n) is 3.66. The van der Waals surface area contributed by atoms with Gasteiger partial charge in [0.1, 0.15) is 0 Å². The Morgan fingerprint density at radius 3 is 2.71 bits per heavy atom. The van der Waals surface area contributed by atoms with Gasteiger partial charge in [0.25, 0.3) is 5.91 Å². The maximum absolute atomic E-state index is 12.3. The second kappa shape index (κ2) is 9.52. The van der Waals surface area contributed by atoms with E-state index in [2.05, 4.69) is 26.0 Å². The molecule has 2 N–H and O–H groups in total. The number of halogens is 2. The van der Waals surface area contributed by atoms with Crippen LogP contribution >= 0.6 is 46.3 Å². The Hall–Kier alpha value is -2.86. The van der Waals surface area contributed by atoms with Crippen LogP contribution in [0.5, 0.6) is 0 Å². The van der Waals surface area contributed by atoms with Crippen LogP contribution in [0.4, 0.5) is 10.8 Å². The van der Waals surface area contributed by atoms with Crippen LogP contribution in [0.15, 0.2) is 55.9 Å². The molecule has 0 aliphatic heterocycles. The molecule has 4 aromatic rings. The Balaban J connectivity index is 1.29. The van der Waals surface area contributed by atoms with Crippen LogP contribution in [0, 0.1) is 0 Å². The van der Waals surface area contributed by atoms with E-state index in [1.54, 1.807) is 30.3 Å². The average molecular weight is 496 g/mol. The number of furan rings is 1. The van der Waals surface area contributed by atoms with Crippen molar-refractivity contribution in [3.05, 3.63) is 58.4 Å². The predicted molar refractivity (Wildman–Crippen MR) is 118 cm³/mol. The van der Waals surface area contributed by atoms with Crippen molar-refractivity contribution in [3.8, 4) is 11.5 Å². The molecule has 158 valence electrons. The third kappa shape index (κ3) is 5.44. The van der Waals surface area contributed by atoms with E-state index in [9.17, 15) is 9.59 Å². The summed E-state index contributed by atoms with van der Waals surface area (Å²) in [6, 6.07) is 9.65. The van der Waals surface area contributed by atoms with E-state index >= 15 is 0 Å². The van der Waals surface area contributed by atoms with Crippen molar-refractivity contribution in [2.45, 2.75) is 4.34 Å². The monoisotopic (exact) mass is 495 g/mol. The van der Waals surface area contributed by atoms with Gasteiger partial charge in [-0.3, -0.25) is 14.9 Å². The van der Waals surface area contributed by atoms with Crippen molar-refractivity contribution in [1.29, 1.82) is 0 Å². The quantitative estimate of drug-likeness (QED) is 0.268. The number of nitrogens with zero attached hydrogens (tertiary/aromatic N) is 3. The number of hydrogen-bond acceptors (Lipinski definition) is 9. The van der Waals surface area contributed by atoms with E-state index in [-0.39, 0.29) is 22.5 Å². The van der Waals surface area contributed by atoms with Gasteiger partial charge in [0.05, 0.1) is 22.1 Å². The number of rotatable bonds is 7. The Kier molecular flexibility index (Phi) is 6.56. The summed E-state index contributed by atoms with van der Waals surface area (Å²) in [7, 11) is 0. The van der Waals surface area contributed by atoms with Crippen molar-refractivity contribution in [2.75, 3.05) is 16.4 Å².